The summed E-state index contributed by atoms with van der Waals surface area (Å²) in [6.07, 6.45) is 0.332. The van der Waals surface area contributed by atoms with Crippen molar-refractivity contribution >= 4 is 17.4 Å². The Morgan fingerprint density at radius 1 is 1.18 bits per heavy atom. The number of hydrogen-bond donors (Lipinski definition) is 0. The number of benzene rings is 2. The largest absolute Gasteiger partial charge is 0.294 e. The van der Waals surface area contributed by atoms with E-state index in [0.717, 1.165) is 5.56 Å². The molecule has 0 radical (unpaired) electrons. The lowest BCUT2D eigenvalue weighted by molar-refractivity contribution is 0.0839. The van der Waals surface area contributed by atoms with E-state index in [0.29, 0.717) is 23.2 Å². The molecule has 0 aromatic heterocycles. The van der Waals surface area contributed by atoms with Crippen LogP contribution in [0.15, 0.2) is 36.4 Å². The van der Waals surface area contributed by atoms with Gasteiger partial charge in [-0.1, -0.05) is 23.8 Å². The summed E-state index contributed by atoms with van der Waals surface area (Å²) >= 11 is 0. The lowest BCUT2D eigenvalue weighted by Gasteiger charge is -2.39. The second-order valence-corrected chi connectivity index (χ2v) is 6.21. The van der Waals surface area contributed by atoms with Gasteiger partial charge in [-0.05, 0) is 37.6 Å². The van der Waals surface area contributed by atoms with Crippen LogP contribution in [0.1, 0.15) is 38.8 Å². The molecule has 2 aliphatic heterocycles. The van der Waals surface area contributed by atoms with E-state index >= 15 is 0 Å². The van der Waals surface area contributed by atoms with Crippen LogP contribution < -0.4 is 4.90 Å². The fourth-order valence-electron chi connectivity index (χ4n) is 3.62. The molecule has 4 heteroatoms. The predicted molar refractivity (Wildman–Crippen MR) is 80.8 cm³/mol. The number of nitrogens with zero attached hydrogens (tertiary/aromatic N) is 1. The summed E-state index contributed by atoms with van der Waals surface area (Å²) < 4.78 is 14.1. The fourth-order valence-corrected chi connectivity index (χ4v) is 3.62. The summed E-state index contributed by atoms with van der Waals surface area (Å²) in [6, 6.07) is 10.0. The van der Waals surface area contributed by atoms with Gasteiger partial charge in [-0.2, -0.15) is 0 Å². The third-order valence-corrected chi connectivity index (χ3v) is 4.67. The number of Topliss-reactive ketones (excluding diaryl/α,β-unsaturated/α-hetero) is 1. The van der Waals surface area contributed by atoms with E-state index in [-0.39, 0.29) is 11.3 Å². The first-order valence-electron chi connectivity index (χ1n) is 7.21. The maximum Gasteiger partial charge on any atom is 0.262 e. The molecule has 0 fully saturated rings. The zero-order chi connectivity index (χ0) is 15.6. The van der Waals surface area contributed by atoms with Gasteiger partial charge < -0.3 is 0 Å². The predicted octanol–water partition coefficient (Wildman–Crippen LogP) is 3.29. The standard InChI is InChI=1S/C18H14FNO2/c1-10-6-7-14-12(8-10)16(21)18(2)9-11-4-3-5-13(19)15(11)17(22)20(14)18/h3-8H,9H2,1-2H3. The fraction of sp³-hybridized carbons (Fsp3) is 0.222. The molecule has 2 aromatic carbocycles. The van der Waals surface area contributed by atoms with E-state index in [9.17, 15) is 14.0 Å². The molecule has 0 aliphatic carbocycles. The van der Waals surface area contributed by atoms with Crippen molar-refractivity contribution in [2.75, 3.05) is 4.90 Å². The molecular formula is C18H14FNO2. The minimum atomic E-state index is -0.964. The number of ketones is 1. The number of amides is 1. The van der Waals surface area contributed by atoms with Crippen molar-refractivity contribution in [3.8, 4) is 0 Å². The molecule has 1 unspecified atom stereocenters. The Morgan fingerprint density at radius 3 is 2.73 bits per heavy atom. The molecule has 110 valence electrons. The highest BCUT2D eigenvalue weighted by molar-refractivity contribution is 6.25. The number of rotatable bonds is 0. The maximum absolute atomic E-state index is 14.1. The summed E-state index contributed by atoms with van der Waals surface area (Å²) in [4.78, 5) is 27.2. The number of carbonyl (C=O) groups excluding carboxylic acids is 2. The Morgan fingerprint density at radius 2 is 1.95 bits per heavy atom. The van der Waals surface area contributed by atoms with Gasteiger partial charge in [0.15, 0.2) is 5.78 Å². The molecule has 0 saturated heterocycles. The number of aryl methyl sites for hydroxylation is 1. The van der Waals surface area contributed by atoms with E-state index in [1.54, 1.807) is 31.2 Å². The lowest BCUT2D eigenvalue weighted by Crippen LogP contribution is -2.56. The molecule has 1 amide bonds. The van der Waals surface area contributed by atoms with E-state index in [1.165, 1.54) is 11.0 Å². The monoisotopic (exact) mass is 295 g/mol. The smallest absolute Gasteiger partial charge is 0.262 e. The van der Waals surface area contributed by atoms with Gasteiger partial charge in [0.25, 0.3) is 5.91 Å². The molecule has 0 N–H and O–H groups in total. The van der Waals surface area contributed by atoms with Crippen molar-refractivity contribution in [2.24, 2.45) is 0 Å². The second-order valence-electron chi connectivity index (χ2n) is 6.21. The Balaban J connectivity index is 2.00. The average Bonchev–Trinajstić information content (AvgIpc) is 2.68. The van der Waals surface area contributed by atoms with Crippen LogP contribution in [0, 0.1) is 12.7 Å². The number of carbonyl (C=O) groups is 2. The topological polar surface area (TPSA) is 37.4 Å². The quantitative estimate of drug-likeness (QED) is 0.748. The van der Waals surface area contributed by atoms with Gasteiger partial charge in [0.2, 0.25) is 0 Å². The highest BCUT2D eigenvalue weighted by atomic mass is 19.1. The molecular weight excluding hydrogens is 281 g/mol. The summed E-state index contributed by atoms with van der Waals surface area (Å²) in [5.74, 6) is -1.04. The maximum atomic E-state index is 14.1. The summed E-state index contributed by atoms with van der Waals surface area (Å²) in [7, 11) is 0. The van der Waals surface area contributed by atoms with Crippen LogP contribution in [-0.4, -0.2) is 17.2 Å². The first-order chi connectivity index (χ1) is 10.4. The Bertz CT molecular complexity index is 858. The molecule has 0 bridgehead atoms. The van der Waals surface area contributed by atoms with E-state index in [2.05, 4.69) is 0 Å². The molecule has 2 heterocycles. The average molecular weight is 295 g/mol. The third-order valence-electron chi connectivity index (χ3n) is 4.67. The normalized spacial score (nSPS) is 22.4. The first-order valence-corrected chi connectivity index (χ1v) is 7.21. The van der Waals surface area contributed by atoms with Gasteiger partial charge in [-0.3, -0.25) is 14.5 Å². The van der Waals surface area contributed by atoms with Crippen molar-refractivity contribution < 1.29 is 14.0 Å². The highest BCUT2D eigenvalue weighted by Gasteiger charge is 2.54. The van der Waals surface area contributed by atoms with Gasteiger partial charge >= 0.3 is 0 Å². The minimum absolute atomic E-state index is 0.0746. The van der Waals surface area contributed by atoms with Gasteiger partial charge in [-0.15, -0.1) is 0 Å². The van der Waals surface area contributed by atoms with Crippen molar-refractivity contribution in [1.29, 1.82) is 0 Å². The van der Waals surface area contributed by atoms with Crippen LogP contribution in [0.3, 0.4) is 0 Å². The van der Waals surface area contributed by atoms with Gasteiger partial charge in [-0.25, -0.2) is 4.39 Å². The third kappa shape index (κ3) is 1.44. The van der Waals surface area contributed by atoms with Crippen LogP contribution in [-0.2, 0) is 6.42 Å². The SMILES string of the molecule is Cc1ccc2c(c1)C(=O)C1(C)Cc3cccc(F)c3C(=O)N21. The second kappa shape index (κ2) is 4.03. The van der Waals surface area contributed by atoms with E-state index < -0.39 is 17.3 Å². The van der Waals surface area contributed by atoms with Gasteiger partial charge in [0, 0.05) is 12.0 Å². The molecule has 2 aliphatic rings. The Labute approximate surface area is 127 Å². The van der Waals surface area contributed by atoms with Gasteiger partial charge in [0.1, 0.15) is 11.4 Å². The number of halogens is 1. The molecule has 22 heavy (non-hydrogen) atoms. The summed E-state index contributed by atoms with van der Waals surface area (Å²) in [5.41, 5.74) is 1.81. The van der Waals surface area contributed by atoms with Crippen LogP contribution in [0.4, 0.5) is 10.1 Å². The minimum Gasteiger partial charge on any atom is -0.294 e. The molecule has 0 saturated carbocycles. The molecule has 0 spiro atoms. The van der Waals surface area contributed by atoms with Crippen LogP contribution >= 0.6 is 0 Å². The Kier molecular flexibility index (Phi) is 2.42. The van der Waals surface area contributed by atoms with Crippen LogP contribution in [0.5, 0.6) is 0 Å². The zero-order valence-corrected chi connectivity index (χ0v) is 12.3. The van der Waals surface area contributed by atoms with Crippen LogP contribution in [0.25, 0.3) is 0 Å². The number of anilines is 1. The molecule has 4 rings (SSSR count). The van der Waals surface area contributed by atoms with Gasteiger partial charge in [0.05, 0.1) is 11.3 Å². The lowest BCUT2D eigenvalue weighted by atomic mass is 9.82. The van der Waals surface area contributed by atoms with Crippen LogP contribution in [0.2, 0.25) is 0 Å². The zero-order valence-electron chi connectivity index (χ0n) is 12.3. The first kappa shape index (κ1) is 13.2. The van der Waals surface area contributed by atoms with Crippen molar-refractivity contribution in [2.45, 2.75) is 25.8 Å². The number of fused-ring (bicyclic) bond motifs is 4. The summed E-state index contributed by atoms with van der Waals surface area (Å²) in [5, 5.41) is 0. The van der Waals surface area contributed by atoms with Crippen molar-refractivity contribution in [1.82, 2.24) is 0 Å². The highest BCUT2D eigenvalue weighted by Crippen LogP contribution is 2.45. The molecule has 3 nitrogen and oxygen atoms in total. The molecule has 1 atom stereocenters. The summed E-state index contributed by atoms with van der Waals surface area (Å²) in [6.45, 7) is 3.67. The van der Waals surface area contributed by atoms with Crippen molar-refractivity contribution in [3.05, 3.63) is 64.5 Å². The van der Waals surface area contributed by atoms with Crippen molar-refractivity contribution in [3.63, 3.8) is 0 Å². The number of hydrogen-bond acceptors (Lipinski definition) is 2. The molecule has 2 aromatic rings. The van der Waals surface area contributed by atoms with E-state index in [4.69, 9.17) is 0 Å². The van der Waals surface area contributed by atoms with E-state index in [1.807, 2.05) is 13.0 Å². The Hall–Kier alpha value is -2.49.